The van der Waals surface area contributed by atoms with Crippen LogP contribution in [-0.2, 0) is 0 Å². The quantitative estimate of drug-likeness (QED) is 0.656. The maximum absolute atomic E-state index is 12.7. The highest BCUT2D eigenvalue weighted by atomic mass is 16.5. The van der Waals surface area contributed by atoms with Crippen LogP contribution in [0.1, 0.15) is 43.0 Å². The first-order valence-corrected chi connectivity index (χ1v) is 8.09. The predicted molar refractivity (Wildman–Crippen MR) is 87.5 cm³/mol. The Balaban J connectivity index is 1.95. The van der Waals surface area contributed by atoms with E-state index in [9.17, 15) is 4.79 Å². The lowest BCUT2D eigenvalue weighted by molar-refractivity contribution is 0.0954. The van der Waals surface area contributed by atoms with Crippen molar-refractivity contribution >= 4 is 16.7 Å². The van der Waals surface area contributed by atoms with Crippen molar-refractivity contribution in [2.45, 2.75) is 38.6 Å². The second kappa shape index (κ2) is 6.88. The van der Waals surface area contributed by atoms with Gasteiger partial charge in [0.1, 0.15) is 11.3 Å². The van der Waals surface area contributed by atoms with Crippen molar-refractivity contribution in [2.24, 2.45) is 0 Å². The first kappa shape index (κ1) is 15.0. The summed E-state index contributed by atoms with van der Waals surface area (Å²) in [5.41, 5.74) is 1.52. The number of pyridine rings is 1. The Bertz CT molecular complexity index is 663. The Morgan fingerprint density at radius 2 is 2.32 bits per heavy atom. The second-order valence-electron chi connectivity index (χ2n) is 5.73. The van der Waals surface area contributed by atoms with Crippen LogP contribution in [0, 0.1) is 0 Å². The number of benzene rings is 1. The molecule has 0 amide bonds. The summed E-state index contributed by atoms with van der Waals surface area (Å²) in [6.07, 6.45) is 5.83. The van der Waals surface area contributed by atoms with Crippen LogP contribution in [0.5, 0.6) is 5.75 Å². The lowest BCUT2D eigenvalue weighted by atomic mass is 9.98. The van der Waals surface area contributed by atoms with Crippen molar-refractivity contribution in [3.8, 4) is 5.75 Å². The van der Waals surface area contributed by atoms with Gasteiger partial charge in [0.25, 0.3) is 0 Å². The Hall–Kier alpha value is -1.94. The fraction of sp³-hybridized carbons (Fsp3) is 0.444. The zero-order valence-corrected chi connectivity index (χ0v) is 13.0. The first-order valence-electron chi connectivity index (χ1n) is 8.09. The minimum Gasteiger partial charge on any atom is -0.491 e. The second-order valence-corrected chi connectivity index (χ2v) is 5.73. The molecule has 3 rings (SSSR count). The Labute approximate surface area is 130 Å². The summed E-state index contributed by atoms with van der Waals surface area (Å²) in [5.74, 6) is 0.926. The molecule has 1 fully saturated rings. The van der Waals surface area contributed by atoms with Gasteiger partial charge in [-0.3, -0.25) is 9.78 Å². The molecule has 116 valence electrons. The number of carbonyl (C=O) groups is 1. The highest BCUT2D eigenvalue weighted by Crippen LogP contribution is 2.28. The van der Waals surface area contributed by atoms with Crippen LogP contribution in [0.2, 0.25) is 0 Å². The number of nitrogens with zero attached hydrogens (tertiary/aromatic N) is 1. The van der Waals surface area contributed by atoms with E-state index in [0.717, 1.165) is 54.4 Å². The topological polar surface area (TPSA) is 51.2 Å². The average molecular weight is 298 g/mol. The molecule has 2 heterocycles. The van der Waals surface area contributed by atoms with Crippen molar-refractivity contribution in [3.05, 3.63) is 36.0 Å². The fourth-order valence-corrected chi connectivity index (χ4v) is 2.90. The van der Waals surface area contributed by atoms with E-state index in [1.165, 1.54) is 0 Å². The molecule has 1 aromatic carbocycles. The number of aromatic nitrogens is 1. The van der Waals surface area contributed by atoms with E-state index in [1.807, 2.05) is 24.3 Å². The van der Waals surface area contributed by atoms with E-state index in [4.69, 9.17) is 4.74 Å². The number of unbranched alkanes of at least 4 members (excludes halogenated alkanes) is 1. The molecule has 2 aromatic rings. The van der Waals surface area contributed by atoms with E-state index < -0.39 is 0 Å². The smallest absolute Gasteiger partial charge is 0.180 e. The van der Waals surface area contributed by atoms with Gasteiger partial charge >= 0.3 is 0 Å². The third kappa shape index (κ3) is 2.97. The number of Topliss-reactive ketones (excluding diaryl/α,β-unsaturated/α-hetero) is 1. The van der Waals surface area contributed by atoms with Gasteiger partial charge in [0.05, 0.1) is 12.6 Å². The zero-order valence-electron chi connectivity index (χ0n) is 13.0. The molecule has 1 atom stereocenters. The Morgan fingerprint density at radius 3 is 3.09 bits per heavy atom. The maximum Gasteiger partial charge on any atom is 0.180 e. The summed E-state index contributed by atoms with van der Waals surface area (Å²) in [7, 11) is 0. The van der Waals surface area contributed by atoms with Gasteiger partial charge in [-0.25, -0.2) is 0 Å². The molecule has 1 N–H and O–H groups in total. The molecule has 4 nitrogen and oxygen atoms in total. The maximum atomic E-state index is 12.7. The number of ketones is 1. The van der Waals surface area contributed by atoms with Crippen molar-refractivity contribution in [2.75, 3.05) is 13.2 Å². The summed E-state index contributed by atoms with van der Waals surface area (Å²) in [5, 5.41) is 4.16. The van der Waals surface area contributed by atoms with Gasteiger partial charge in [0, 0.05) is 17.1 Å². The van der Waals surface area contributed by atoms with E-state index in [-0.39, 0.29) is 11.8 Å². The number of ether oxygens (including phenoxy) is 1. The number of fused-ring (bicyclic) bond motifs is 1. The largest absolute Gasteiger partial charge is 0.491 e. The molecular weight excluding hydrogens is 276 g/mol. The van der Waals surface area contributed by atoms with Crippen LogP contribution in [0.3, 0.4) is 0 Å². The lowest BCUT2D eigenvalue weighted by Crippen LogP contribution is -2.30. The van der Waals surface area contributed by atoms with Crippen LogP contribution in [0.15, 0.2) is 30.5 Å². The van der Waals surface area contributed by atoms with Crippen molar-refractivity contribution < 1.29 is 9.53 Å². The van der Waals surface area contributed by atoms with Crippen molar-refractivity contribution in [1.29, 1.82) is 0 Å². The molecule has 1 aliphatic rings. The fourth-order valence-electron chi connectivity index (χ4n) is 2.90. The van der Waals surface area contributed by atoms with Gasteiger partial charge < -0.3 is 10.1 Å². The molecule has 0 saturated carbocycles. The minimum absolute atomic E-state index is 0.0599. The summed E-state index contributed by atoms with van der Waals surface area (Å²) >= 11 is 0. The number of rotatable bonds is 6. The number of hydrogen-bond acceptors (Lipinski definition) is 4. The Morgan fingerprint density at radius 1 is 1.41 bits per heavy atom. The van der Waals surface area contributed by atoms with Crippen LogP contribution in [-0.4, -0.2) is 30.0 Å². The highest BCUT2D eigenvalue weighted by molar-refractivity contribution is 6.11. The molecule has 0 radical (unpaired) electrons. The lowest BCUT2D eigenvalue weighted by Gasteiger charge is -2.14. The van der Waals surface area contributed by atoms with Gasteiger partial charge in [-0.2, -0.15) is 0 Å². The standard InChI is InChI=1S/C18H22N2O2/c1-2-3-12-22-16-9-8-14(13-6-4-11-20-17(13)16)18(21)15-7-5-10-19-15/h4,6,8-9,11,15,19H,2-3,5,7,10,12H2,1H3. The highest BCUT2D eigenvalue weighted by Gasteiger charge is 2.25. The van der Waals surface area contributed by atoms with E-state index in [2.05, 4.69) is 17.2 Å². The van der Waals surface area contributed by atoms with Gasteiger partial charge in [-0.05, 0) is 44.0 Å². The molecule has 1 aliphatic heterocycles. The van der Waals surface area contributed by atoms with Gasteiger partial charge in [-0.15, -0.1) is 0 Å². The van der Waals surface area contributed by atoms with Crippen LogP contribution < -0.4 is 10.1 Å². The Kier molecular flexibility index (Phi) is 4.68. The van der Waals surface area contributed by atoms with Crippen molar-refractivity contribution in [1.82, 2.24) is 10.3 Å². The van der Waals surface area contributed by atoms with E-state index in [1.54, 1.807) is 6.20 Å². The van der Waals surface area contributed by atoms with E-state index >= 15 is 0 Å². The number of hydrogen-bond donors (Lipinski definition) is 1. The molecule has 0 aliphatic carbocycles. The molecule has 1 saturated heterocycles. The summed E-state index contributed by atoms with van der Waals surface area (Å²) < 4.78 is 5.83. The van der Waals surface area contributed by atoms with Gasteiger partial charge in [0.15, 0.2) is 5.78 Å². The van der Waals surface area contributed by atoms with Crippen LogP contribution >= 0.6 is 0 Å². The molecule has 4 heteroatoms. The van der Waals surface area contributed by atoms with Gasteiger partial charge in [0.2, 0.25) is 0 Å². The minimum atomic E-state index is -0.0599. The molecule has 1 aromatic heterocycles. The molecule has 0 bridgehead atoms. The monoisotopic (exact) mass is 298 g/mol. The van der Waals surface area contributed by atoms with Gasteiger partial charge in [-0.1, -0.05) is 19.4 Å². The molecule has 0 spiro atoms. The number of nitrogens with one attached hydrogen (secondary N) is 1. The zero-order chi connectivity index (χ0) is 15.4. The van der Waals surface area contributed by atoms with E-state index in [0.29, 0.717) is 6.61 Å². The SMILES string of the molecule is CCCCOc1ccc(C(=O)C2CCCN2)c2cccnc12. The van der Waals surface area contributed by atoms with Crippen LogP contribution in [0.4, 0.5) is 0 Å². The summed E-state index contributed by atoms with van der Waals surface area (Å²) in [4.78, 5) is 17.1. The molecule has 1 unspecified atom stereocenters. The van der Waals surface area contributed by atoms with Crippen molar-refractivity contribution in [3.63, 3.8) is 0 Å². The normalized spacial score (nSPS) is 17.8. The van der Waals surface area contributed by atoms with Crippen LogP contribution in [0.25, 0.3) is 10.9 Å². The average Bonchev–Trinajstić information content (AvgIpc) is 3.09. The third-order valence-corrected chi connectivity index (χ3v) is 4.13. The predicted octanol–water partition coefficient (Wildman–Crippen LogP) is 3.35. The number of carbonyl (C=O) groups excluding carboxylic acids is 1. The third-order valence-electron chi connectivity index (χ3n) is 4.13. The summed E-state index contributed by atoms with van der Waals surface area (Å²) in [6, 6.07) is 7.53. The first-order chi connectivity index (χ1) is 10.8. The summed E-state index contributed by atoms with van der Waals surface area (Å²) in [6.45, 7) is 3.74. The molecular formula is C18H22N2O2. The molecule has 22 heavy (non-hydrogen) atoms.